The Hall–Kier alpha value is -0.960. The number of rotatable bonds is 4. The van der Waals surface area contributed by atoms with E-state index in [1.807, 2.05) is 0 Å². The Kier molecular flexibility index (Phi) is 4.54. The Morgan fingerprint density at radius 1 is 1.45 bits per heavy atom. The van der Waals surface area contributed by atoms with Gasteiger partial charge in [-0.15, -0.1) is 11.3 Å². The van der Waals surface area contributed by atoms with Gasteiger partial charge in [-0.2, -0.15) is 4.31 Å². The van der Waals surface area contributed by atoms with Gasteiger partial charge in [0.25, 0.3) is 10.0 Å². The maximum atomic E-state index is 12.8. The van der Waals surface area contributed by atoms with Crippen LogP contribution in [0.3, 0.4) is 0 Å². The molecule has 1 N–H and O–H groups in total. The smallest absolute Gasteiger partial charge is 0.253 e. The molecule has 22 heavy (non-hydrogen) atoms. The quantitative estimate of drug-likeness (QED) is 0.875. The first kappa shape index (κ1) is 15.9. The topological polar surface area (TPSA) is 69.7 Å². The largest absolute Gasteiger partial charge is 0.340 e. The highest BCUT2D eigenvalue weighted by molar-refractivity contribution is 7.91. The van der Waals surface area contributed by atoms with Gasteiger partial charge in [-0.3, -0.25) is 4.79 Å². The molecule has 0 bridgehead atoms. The zero-order valence-electron chi connectivity index (χ0n) is 12.6. The van der Waals surface area contributed by atoms with E-state index in [0.717, 1.165) is 25.9 Å². The molecule has 0 spiro atoms. The van der Waals surface area contributed by atoms with E-state index in [-0.39, 0.29) is 11.9 Å². The lowest BCUT2D eigenvalue weighted by Gasteiger charge is -2.30. The summed E-state index contributed by atoms with van der Waals surface area (Å²) in [6.45, 7) is 2.12. The van der Waals surface area contributed by atoms with Crippen molar-refractivity contribution in [2.45, 2.75) is 35.6 Å². The first-order valence-corrected chi connectivity index (χ1v) is 9.86. The second-order valence-corrected chi connectivity index (χ2v) is 8.87. The van der Waals surface area contributed by atoms with Gasteiger partial charge in [0.1, 0.15) is 10.3 Å². The molecule has 2 fully saturated rings. The minimum absolute atomic E-state index is 0.0775. The summed E-state index contributed by atoms with van der Waals surface area (Å²) in [7, 11) is -1.77. The first-order valence-electron chi connectivity index (χ1n) is 7.54. The van der Waals surface area contributed by atoms with Crippen LogP contribution in [0.5, 0.6) is 0 Å². The van der Waals surface area contributed by atoms with Crippen LogP contribution in [0.25, 0.3) is 0 Å². The van der Waals surface area contributed by atoms with Crippen molar-refractivity contribution in [3.05, 3.63) is 17.5 Å². The number of hydrogen-bond acceptors (Lipinski definition) is 5. The van der Waals surface area contributed by atoms with E-state index in [2.05, 4.69) is 5.32 Å². The molecule has 0 saturated carbocycles. The summed E-state index contributed by atoms with van der Waals surface area (Å²) in [5.41, 5.74) is 0. The molecule has 2 saturated heterocycles. The maximum absolute atomic E-state index is 12.8. The summed E-state index contributed by atoms with van der Waals surface area (Å²) in [4.78, 5) is 14.5. The number of thiophene rings is 1. The average molecular weight is 343 g/mol. The molecule has 1 aromatic rings. The summed E-state index contributed by atoms with van der Waals surface area (Å²) < 4.78 is 27.1. The standard InChI is InChI=1S/C14H21N3O3S2/c1-16(11-6-7-15-10-11)14(18)12-4-2-8-17(12)22(19,20)13-5-3-9-21-13/h3,5,9,11-12,15H,2,4,6-8,10H2,1H3. The summed E-state index contributed by atoms with van der Waals surface area (Å²) in [5.74, 6) is -0.0775. The van der Waals surface area contributed by atoms with E-state index in [4.69, 9.17) is 0 Å². The van der Waals surface area contributed by atoms with E-state index in [9.17, 15) is 13.2 Å². The lowest BCUT2D eigenvalue weighted by atomic mass is 10.1. The molecule has 1 amide bonds. The van der Waals surface area contributed by atoms with Crippen LogP contribution in [-0.2, 0) is 14.8 Å². The van der Waals surface area contributed by atoms with Crippen LogP contribution in [0.1, 0.15) is 19.3 Å². The molecule has 2 unspecified atom stereocenters. The zero-order chi connectivity index (χ0) is 15.7. The van der Waals surface area contributed by atoms with Crippen LogP contribution in [0.4, 0.5) is 0 Å². The normalized spacial score (nSPS) is 26.4. The number of carbonyl (C=O) groups excluding carboxylic acids is 1. The molecule has 122 valence electrons. The van der Waals surface area contributed by atoms with Crippen molar-refractivity contribution >= 4 is 27.3 Å². The molecule has 6 nitrogen and oxygen atoms in total. The Labute approximate surface area is 135 Å². The number of hydrogen-bond donors (Lipinski definition) is 1. The Morgan fingerprint density at radius 3 is 2.91 bits per heavy atom. The van der Waals surface area contributed by atoms with Gasteiger partial charge in [0.15, 0.2) is 0 Å². The number of sulfonamides is 1. The molecule has 0 aromatic carbocycles. The summed E-state index contributed by atoms with van der Waals surface area (Å²) in [5, 5.41) is 4.98. The average Bonchev–Trinajstić information content (AvgIpc) is 3.27. The van der Waals surface area contributed by atoms with Crippen molar-refractivity contribution in [2.75, 3.05) is 26.7 Å². The number of nitrogens with zero attached hydrogens (tertiary/aromatic N) is 2. The number of likely N-dealkylation sites (N-methyl/N-ethyl adjacent to an activating group) is 1. The first-order chi connectivity index (χ1) is 10.5. The molecule has 3 rings (SSSR count). The minimum atomic E-state index is -3.56. The predicted octanol–water partition coefficient (Wildman–Crippen LogP) is 0.722. The van der Waals surface area contributed by atoms with Crippen molar-refractivity contribution in [3.8, 4) is 0 Å². The monoisotopic (exact) mass is 343 g/mol. The Bertz CT molecular complexity index is 624. The molecule has 1 aromatic heterocycles. The van der Waals surface area contributed by atoms with Gasteiger partial charge in [-0.1, -0.05) is 6.07 Å². The fourth-order valence-electron chi connectivity index (χ4n) is 3.19. The van der Waals surface area contributed by atoms with Gasteiger partial charge in [-0.25, -0.2) is 8.42 Å². The van der Waals surface area contributed by atoms with Crippen LogP contribution in [0.2, 0.25) is 0 Å². The highest BCUT2D eigenvalue weighted by Gasteiger charge is 2.42. The molecular formula is C14H21N3O3S2. The lowest BCUT2D eigenvalue weighted by Crippen LogP contribution is -2.49. The number of carbonyl (C=O) groups is 1. The third kappa shape index (κ3) is 2.80. The third-order valence-corrected chi connectivity index (χ3v) is 7.76. The van der Waals surface area contributed by atoms with E-state index in [1.165, 1.54) is 15.6 Å². The van der Waals surface area contributed by atoms with Gasteiger partial charge >= 0.3 is 0 Å². The molecule has 8 heteroatoms. The zero-order valence-corrected chi connectivity index (χ0v) is 14.2. The number of amides is 1. The van der Waals surface area contributed by atoms with Crippen molar-refractivity contribution in [1.82, 2.24) is 14.5 Å². The molecule has 2 aliphatic heterocycles. The molecule has 0 radical (unpaired) electrons. The van der Waals surface area contributed by atoms with Crippen LogP contribution in [0.15, 0.2) is 21.7 Å². The van der Waals surface area contributed by atoms with Gasteiger partial charge in [-0.05, 0) is 37.3 Å². The SMILES string of the molecule is CN(C(=O)C1CCCN1S(=O)(=O)c1cccs1)C1CCNC1. The highest BCUT2D eigenvalue weighted by Crippen LogP contribution is 2.29. The molecular weight excluding hydrogens is 322 g/mol. The number of nitrogens with one attached hydrogen (secondary N) is 1. The minimum Gasteiger partial charge on any atom is -0.340 e. The predicted molar refractivity (Wildman–Crippen MR) is 85.3 cm³/mol. The Balaban J connectivity index is 1.79. The fraction of sp³-hybridized carbons (Fsp3) is 0.643. The molecule has 2 atom stereocenters. The van der Waals surface area contributed by atoms with Crippen molar-refractivity contribution in [2.24, 2.45) is 0 Å². The summed E-state index contributed by atoms with van der Waals surface area (Å²) in [6.07, 6.45) is 2.26. The van der Waals surface area contributed by atoms with E-state index in [0.29, 0.717) is 17.2 Å². The van der Waals surface area contributed by atoms with Crippen LogP contribution in [-0.4, -0.2) is 62.3 Å². The summed E-state index contributed by atoms with van der Waals surface area (Å²) >= 11 is 1.20. The molecule has 0 aliphatic carbocycles. The highest BCUT2D eigenvalue weighted by atomic mass is 32.2. The van der Waals surface area contributed by atoms with Gasteiger partial charge in [0.05, 0.1) is 0 Å². The van der Waals surface area contributed by atoms with Crippen molar-refractivity contribution in [3.63, 3.8) is 0 Å². The molecule has 2 aliphatic rings. The van der Waals surface area contributed by atoms with E-state index < -0.39 is 16.1 Å². The Morgan fingerprint density at radius 2 is 2.27 bits per heavy atom. The molecule has 3 heterocycles. The van der Waals surface area contributed by atoms with Gasteiger partial charge < -0.3 is 10.2 Å². The van der Waals surface area contributed by atoms with Gasteiger partial charge in [0.2, 0.25) is 5.91 Å². The summed E-state index contributed by atoms with van der Waals surface area (Å²) in [6, 6.07) is 2.93. The lowest BCUT2D eigenvalue weighted by molar-refractivity contribution is -0.135. The van der Waals surface area contributed by atoms with E-state index >= 15 is 0 Å². The van der Waals surface area contributed by atoms with E-state index in [1.54, 1.807) is 29.5 Å². The van der Waals surface area contributed by atoms with Crippen molar-refractivity contribution < 1.29 is 13.2 Å². The fourth-order valence-corrected chi connectivity index (χ4v) is 5.96. The van der Waals surface area contributed by atoms with Crippen LogP contribution < -0.4 is 5.32 Å². The maximum Gasteiger partial charge on any atom is 0.253 e. The van der Waals surface area contributed by atoms with Crippen LogP contribution in [0, 0.1) is 0 Å². The second-order valence-electron chi connectivity index (χ2n) is 5.80. The third-order valence-electron chi connectivity index (χ3n) is 4.48. The van der Waals surface area contributed by atoms with Crippen molar-refractivity contribution in [1.29, 1.82) is 0 Å². The van der Waals surface area contributed by atoms with Gasteiger partial charge in [0, 0.05) is 26.2 Å². The van der Waals surface area contributed by atoms with Crippen LogP contribution >= 0.6 is 11.3 Å². The second kappa shape index (κ2) is 6.27.